The minimum Gasteiger partial charge on any atom is -0.481 e. The summed E-state index contributed by atoms with van der Waals surface area (Å²) in [6.07, 6.45) is 3.43. The van der Waals surface area contributed by atoms with Gasteiger partial charge in [-0.25, -0.2) is 0 Å². The number of primary amides is 1. The third-order valence-electron chi connectivity index (χ3n) is 5.72. The van der Waals surface area contributed by atoms with E-state index in [1.165, 1.54) is 0 Å². The summed E-state index contributed by atoms with van der Waals surface area (Å²) < 4.78 is 0. The van der Waals surface area contributed by atoms with Crippen molar-refractivity contribution in [3.8, 4) is 0 Å². The SMILES string of the molecule is NC(=O)CCCNC(=O)CNC(=O)C(Cc1ccccc1)NC(=O)CNC(=O)CNC(=O)CCCCCCC(=O)O. The third-order valence-corrected chi connectivity index (χ3v) is 5.72. The Morgan fingerprint density at radius 3 is 1.90 bits per heavy atom. The van der Waals surface area contributed by atoms with Crippen LogP contribution >= 0.6 is 0 Å². The van der Waals surface area contributed by atoms with E-state index >= 15 is 0 Å². The van der Waals surface area contributed by atoms with Crippen LogP contribution in [0.1, 0.15) is 56.9 Å². The summed E-state index contributed by atoms with van der Waals surface area (Å²) in [5.41, 5.74) is 5.81. The molecule has 6 amide bonds. The van der Waals surface area contributed by atoms with Gasteiger partial charge in [0.25, 0.3) is 0 Å². The quantitative estimate of drug-likeness (QED) is 0.0884. The molecule has 0 bridgehead atoms. The highest BCUT2D eigenvalue weighted by molar-refractivity contribution is 5.92. The van der Waals surface area contributed by atoms with Crippen LogP contribution in [0.3, 0.4) is 0 Å². The highest BCUT2D eigenvalue weighted by Gasteiger charge is 2.22. The van der Waals surface area contributed by atoms with Gasteiger partial charge in [0.15, 0.2) is 0 Å². The number of aliphatic carboxylic acids is 1. The van der Waals surface area contributed by atoms with E-state index in [0.717, 1.165) is 5.56 Å². The van der Waals surface area contributed by atoms with Gasteiger partial charge in [-0.1, -0.05) is 43.2 Å². The smallest absolute Gasteiger partial charge is 0.303 e. The van der Waals surface area contributed by atoms with Gasteiger partial charge in [-0.15, -0.1) is 0 Å². The first-order chi connectivity index (χ1) is 19.6. The molecule has 0 radical (unpaired) electrons. The van der Waals surface area contributed by atoms with Crippen molar-refractivity contribution < 1.29 is 38.7 Å². The Kier molecular flexibility index (Phi) is 17.2. The van der Waals surface area contributed by atoms with Gasteiger partial charge in [-0.05, 0) is 24.8 Å². The van der Waals surface area contributed by atoms with E-state index in [2.05, 4.69) is 26.6 Å². The molecule has 0 aromatic heterocycles. The van der Waals surface area contributed by atoms with E-state index in [1.807, 2.05) is 0 Å². The first-order valence-corrected chi connectivity index (χ1v) is 13.5. The van der Waals surface area contributed by atoms with Crippen molar-refractivity contribution in [2.24, 2.45) is 5.73 Å². The van der Waals surface area contributed by atoms with Crippen LogP contribution in [0.25, 0.3) is 0 Å². The molecule has 0 aliphatic rings. The van der Waals surface area contributed by atoms with E-state index in [-0.39, 0.29) is 51.2 Å². The number of carboxylic acid groups (broad SMARTS) is 1. The van der Waals surface area contributed by atoms with E-state index < -0.39 is 48.1 Å². The van der Waals surface area contributed by atoms with Crippen LogP contribution in [-0.2, 0) is 40.0 Å². The monoisotopic (exact) mass is 576 g/mol. The Morgan fingerprint density at radius 1 is 0.659 bits per heavy atom. The molecular formula is C27H40N6O8. The van der Waals surface area contributed by atoms with Crippen molar-refractivity contribution >= 4 is 41.4 Å². The van der Waals surface area contributed by atoms with E-state index in [4.69, 9.17) is 10.8 Å². The Hall–Kier alpha value is -4.49. The third kappa shape index (κ3) is 18.4. The zero-order chi connectivity index (χ0) is 30.5. The second-order valence-corrected chi connectivity index (χ2v) is 9.31. The molecule has 14 heteroatoms. The molecular weight excluding hydrogens is 536 g/mol. The molecule has 0 heterocycles. The number of nitrogens with one attached hydrogen (secondary N) is 5. The summed E-state index contributed by atoms with van der Waals surface area (Å²) >= 11 is 0. The second kappa shape index (κ2) is 20.4. The van der Waals surface area contributed by atoms with Crippen molar-refractivity contribution in [3.63, 3.8) is 0 Å². The molecule has 226 valence electrons. The van der Waals surface area contributed by atoms with Crippen LogP contribution in [0.2, 0.25) is 0 Å². The average Bonchev–Trinajstić information content (AvgIpc) is 2.93. The molecule has 0 saturated heterocycles. The number of carbonyl (C=O) groups excluding carboxylic acids is 6. The van der Waals surface area contributed by atoms with Gasteiger partial charge in [0.05, 0.1) is 19.6 Å². The molecule has 0 fully saturated rings. The van der Waals surface area contributed by atoms with Crippen LogP contribution in [0.4, 0.5) is 0 Å². The van der Waals surface area contributed by atoms with Gasteiger partial charge in [-0.3, -0.25) is 33.6 Å². The molecule has 1 aromatic carbocycles. The zero-order valence-electron chi connectivity index (χ0n) is 23.0. The number of nitrogens with two attached hydrogens (primary N) is 1. The Bertz CT molecular complexity index is 1030. The van der Waals surface area contributed by atoms with Gasteiger partial charge in [0.2, 0.25) is 35.4 Å². The number of amides is 6. The minimum atomic E-state index is -1.03. The number of carboxylic acids is 1. The largest absolute Gasteiger partial charge is 0.481 e. The van der Waals surface area contributed by atoms with Crippen molar-refractivity contribution in [1.82, 2.24) is 26.6 Å². The highest BCUT2D eigenvalue weighted by Crippen LogP contribution is 2.05. The molecule has 0 aliphatic heterocycles. The first kappa shape index (κ1) is 34.5. The molecule has 14 nitrogen and oxygen atoms in total. The van der Waals surface area contributed by atoms with Crippen LogP contribution in [0.15, 0.2) is 30.3 Å². The lowest BCUT2D eigenvalue weighted by molar-refractivity contribution is -0.137. The summed E-state index contributed by atoms with van der Waals surface area (Å²) in [4.78, 5) is 82.4. The number of hydrogen-bond donors (Lipinski definition) is 7. The maximum absolute atomic E-state index is 12.8. The normalized spacial score (nSPS) is 11.0. The highest BCUT2D eigenvalue weighted by atomic mass is 16.4. The zero-order valence-corrected chi connectivity index (χ0v) is 23.0. The fourth-order valence-electron chi connectivity index (χ4n) is 3.57. The van der Waals surface area contributed by atoms with Crippen LogP contribution in [0, 0.1) is 0 Å². The first-order valence-electron chi connectivity index (χ1n) is 13.5. The van der Waals surface area contributed by atoms with Gasteiger partial charge >= 0.3 is 5.97 Å². The fourth-order valence-corrected chi connectivity index (χ4v) is 3.57. The number of hydrogen-bond acceptors (Lipinski definition) is 7. The Labute approximate surface area is 238 Å². The van der Waals surface area contributed by atoms with E-state index in [9.17, 15) is 33.6 Å². The molecule has 41 heavy (non-hydrogen) atoms. The number of benzene rings is 1. The maximum atomic E-state index is 12.8. The predicted molar refractivity (Wildman–Crippen MR) is 148 cm³/mol. The second-order valence-electron chi connectivity index (χ2n) is 9.31. The van der Waals surface area contributed by atoms with Crippen molar-refractivity contribution in [3.05, 3.63) is 35.9 Å². The van der Waals surface area contributed by atoms with Crippen LogP contribution in [0.5, 0.6) is 0 Å². The van der Waals surface area contributed by atoms with E-state index in [0.29, 0.717) is 32.1 Å². The Balaban J connectivity index is 2.44. The van der Waals surface area contributed by atoms with Crippen molar-refractivity contribution in [2.75, 3.05) is 26.2 Å². The number of rotatable bonds is 21. The summed E-state index contributed by atoms with van der Waals surface area (Å²) in [5, 5.41) is 21.0. The van der Waals surface area contributed by atoms with Crippen LogP contribution < -0.4 is 32.3 Å². The molecule has 1 atom stereocenters. The summed E-state index contributed by atoms with van der Waals surface area (Å²) in [6, 6.07) is 7.88. The molecule has 1 unspecified atom stereocenters. The summed E-state index contributed by atoms with van der Waals surface area (Å²) in [5.74, 6) is -3.97. The fraction of sp³-hybridized carbons (Fsp3) is 0.519. The number of carbonyl (C=O) groups is 7. The summed E-state index contributed by atoms with van der Waals surface area (Å²) in [6.45, 7) is -0.878. The van der Waals surface area contributed by atoms with Gasteiger partial charge in [-0.2, -0.15) is 0 Å². The lowest BCUT2D eigenvalue weighted by atomic mass is 10.1. The Morgan fingerprint density at radius 2 is 1.24 bits per heavy atom. The molecule has 0 aliphatic carbocycles. The van der Waals surface area contributed by atoms with E-state index in [1.54, 1.807) is 30.3 Å². The molecule has 1 aromatic rings. The lowest BCUT2D eigenvalue weighted by Crippen LogP contribution is -2.52. The predicted octanol–water partition coefficient (Wildman–Crippen LogP) is -1.13. The van der Waals surface area contributed by atoms with Crippen LogP contribution in [-0.4, -0.2) is 78.7 Å². The average molecular weight is 577 g/mol. The standard InChI is InChI=1S/C27H40N6O8/c28-21(34)11-8-14-29-23(36)17-32-27(41)20(15-19-9-4-3-5-10-19)33-25(38)18-31-24(37)16-30-22(35)12-6-1-2-7-13-26(39)40/h3-5,9-10,20H,1-2,6-8,11-18H2,(H2,28,34)(H,29,36)(H,30,35)(H,31,37)(H,32,41)(H,33,38)(H,39,40). The molecule has 0 spiro atoms. The lowest BCUT2D eigenvalue weighted by Gasteiger charge is -2.19. The summed E-state index contributed by atoms with van der Waals surface area (Å²) in [7, 11) is 0. The van der Waals surface area contributed by atoms with Gasteiger partial charge in [0.1, 0.15) is 6.04 Å². The topological polar surface area (TPSA) is 226 Å². The molecule has 0 saturated carbocycles. The van der Waals surface area contributed by atoms with Gasteiger partial charge in [0, 0.05) is 32.2 Å². The number of unbranched alkanes of at least 4 members (excludes halogenated alkanes) is 3. The molecule has 1 rings (SSSR count). The minimum absolute atomic E-state index is 0.0928. The molecule has 8 N–H and O–H groups in total. The van der Waals surface area contributed by atoms with Gasteiger partial charge < -0.3 is 37.4 Å². The van der Waals surface area contributed by atoms with Crippen molar-refractivity contribution in [2.45, 2.75) is 63.8 Å². The van der Waals surface area contributed by atoms with Crippen molar-refractivity contribution in [1.29, 1.82) is 0 Å². The maximum Gasteiger partial charge on any atom is 0.303 e.